The molecule has 3 N–H and O–H groups in total. The molecule has 0 saturated heterocycles. The highest BCUT2D eigenvalue weighted by Crippen LogP contribution is 2.29. The quantitative estimate of drug-likeness (QED) is 0.313. The predicted molar refractivity (Wildman–Crippen MR) is 107 cm³/mol. The van der Waals surface area contributed by atoms with Gasteiger partial charge in [0, 0.05) is 31.1 Å². The first-order valence-corrected chi connectivity index (χ1v) is 8.89. The summed E-state index contributed by atoms with van der Waals surface area (Å²) < 4.78 is 5.23. The highest BCUT2D eigenvalue weighted by molar-refractivity contribution is 5.91. The predicted octanol–water partition coefficient (Wildman–Crippen LogP) is 2.39. The molecule has 1 heterocycles. The molecule has 0 radical (unpaired) electrons. The first kappa shape index (κ1) is 19.5. The Kier molecular flexibility index (Phi) is 6.36. The van der Waals surface area contributed by atoms with E-state index in [0.29, 0.717) is 18.9 Å². The third-order valence-electron chi connectivity index (χ3n) is 4.34. The second kappa shape index (κ2) is 9.12. The molecule has 0 saturated carbocycles. The number of fused-ring (bicyclic) bond motifs is 1. The monoisotopic (exact) mass is 381 g/mol. The Balaban J connectivity index is 1.86. The molecule has 1 amide bonds. The molecule has 0 bridgehead atoms. The van der Waals surface area contributed by atoms with Crippen molar-refractivity contribution in [2.75, 3.05) is 25.6 Å². The Morgan fingerprint density at radius 3 is 2.61 bits per heavy atom. The number of hydroxylamine groups is 1. The van der Waals surface area contributed by atoms with Gasteiger partial charge in [0.15, 0.2) is 0 Å². The van der Waals surface area contributed by atoms with Crippen LogP contribution in [0.5, 0.6) is 5.75 Å². The minimum atomic E-state index is -0.438. The van der Waals surface area contributed by atoms with Crippen LogP contribution >= 0.6 is 0 Å². The smallest absolute Gasteiger partial charge is 0.244 e. The average molecular weight is 381 g/mol. The van der Waals surface area contributed by atoms with Gasteiger partial charge in [0.05, 0.1) is 19.2 Å². The first-order valence-electron chi connectivity index (χ1n) is 8.89. The van der Waals surface area contributed by atoms with Crippen LogP contribution < -0.4 is 20.4 Å². The second-order valence-corrected chi connectivity index (χ2v) is 6.20. The van der Waals surface area contributed by atoms with Crippen molar-refractivity contribution >= 4 is 28.3 Å². The summed E-state index contributed by atoms with van der Waals surface area (Å²) in [4.78, 5) is 22.4. The Morgan fingerprint density at radius 2 is 1.89 bits per heavy atom. The third kappa shape index (κ3) is 4.54. The largest absolute Gasteiger partial charge is 0.497 e. The molecule has 8 nitrogen and oxygen atoms in total. The normalized spacial score (nSPS) is 10.7. The third-order valence-corrected chi connectivity index (χ3v) is 4.34. The van der Waals surface area contributed by atoms with Crippen LogP contribution in [0.4, 0.5) is 11.5 Å². The van der Waals surface area contributed by atoms with E-state index >= 15 is 0 Å². The number of carbonyl (C=O) groups excluding carboxylic acids is 1. The lowest BCUT2D eigenvalue weighted by Crippen LogP contribution is -2.25. The zero-order chi connectivity index (χ0) is 19.9. The number of para-hydroxylation sites is 1. The number of benzene rings is 2. The van der Waals surface area contributed by atoms with Gasteiger partial charge in [0.2, 0.25) is 5.91 Å². The molecule has 8 heteroatoms. The molecule has 0 unspecified atom stereocenters. The Bertz CT molecular complexity index is 946. The van der Waals surface area contributed by atoms with Crippen LogP contribution in [0.1, 0.15) is 12.2 Å². The van der Waals surface area contributed by atoms with Crippen molar-refractivity contribution in [3.05, 3.63) is 54.4 Å². The minimum absolute atomic E-state index is 0.169. The van der Waals surface area contributed by atoms with Crippen molar-refractivity contribution in [3.8, 4) is 5.75 Å². The van der Waals surface area contributed by atoms with Crippen molar-refractivity contribution in [2.24, 2.45) is 0 Å². The summed E-state index contributed by atoms with van der Waals surface area (Å²) in [5.41, 5.74) is 3.43. The number of aromatic nitrogens is 2. The topological polar surface area (TPSA) is 99.6 Å². The highest BCUT2D eigenvalue weighted by atomic mass is 16.5. The van der Waals surface area contributed by atoms with Gasteiger partial charge in [-0.1, -0.05) is 12.1 Å². The fraction of sp³-hybridized carbons (Fsp3) is 0.250. The number of anilines is 2. The Hall–Kier alpha value is -3.23. The zero-order valence-electron chi connectivity index (χ0n) is 15.8. The van der Waals surface area contributed by atoms with Gasteiger partial charge in [0.25, 0.3) is 0 Å². The SMILES string of the molecule is COc1ccc(N(C)c2nc(CNCCC(=O)NO)nc3ccccc23)cc1. The number of hydrogen-bond donors (Lipinski definition) is 3. The van der Waals surface area contributed by atoms with Gasteiger partial charge < -0.3 is 15.0 Å². The Morgan fingerprint density at radius 1 is 1.14 bits per heavy atom. The van der Waals surface area contributed by atoms with E-state index < -0.39 is 5.91 Å². The molecule has 0 atom stereocenters. The highest BCUT2D eigenvalue weighted by Gasteiger charge is 2.13. The lowest BCUT2D eigenvalue weighted by Gasteiger charge is -2.21. The van der Waals surface area contributed by atoms with Crippen LogP contribution in [0.15, 0.2) is 48.5 Å². The van der Waals surface area contributed by atoms with E-state index in [0.717, 1.165) is 28.2 Å². The molecule has 0 fully saturated rings. The maximum absolute atomic E-state index is 11.1. The molecule has 0 aliphatic carbocycles. The standard InChI is InChI=1S/C20H23N5O3/c1-25(14-7-9-15(28-2)10-8-14)20-16-5-3-4-6-17(16)22-18(23-20)13-21-12-11-19(26)24-27/h3-10,21,27H,11-13H2,1-2H3,(H,24,26). The van der Waals surface area contributed by atoms with Crippen LogP contribution in [0.2, 0.25) is 0 Å². The number of nitrogens with zero attached hydrogens (tertiary/aromatic N) is 3. The maximum atomic E-state index is 11.1. The molecule has 1 aromatic heterocycles. The minimum Gasteiger partial charge on any atom is -0.497 e. The van der Waals surface area contributed by atoms with Gasteiger partial charge >= 0.3 is 0 Å². The van der Waals surface area contributed by atoms with Gasteiger partial charge in [-0.2, -0.15) is 0 Å². The fourth-order valence-corrected chi connectivity index (χ4v) is 2.83. The summed E-state index contributed by atoms with van der Waals surface area (Å²) in [5.74, 6) is 1.77. The van der Waals surface area contributed by atoms with Crippen molar-refractivity contribution in [1.29, 1.82) is 0 Å². The number of hydrogen-bond acceptors (Lipinski definition) is 7. The molecule has 2 aromatic carbocycles. The molecule has 28 heavy (non-hydrogen) atoms. The molecule has 3 aromatic rings. The van der Waals surface area contributed by atoms with Gasteiger partial charge in [-0.15, -0.1) is 0 Å². The number of amides is 1. The summed E-state index contributed by atoms with van der Waals surface area (Å²) in [7, 11) is 3.60. The van der Waals surface area contributed by atoms with Crippen LogP contribution in [0.3, 0.4) is 0 Å². The van der Waals surface area contributed by atoms with Crippen LogP contribution in [0, 0.1) is 0 Å². The molecule has 3 rings (SSSR count). The number of nitrogens with one attached hydrogen (secondary N) is 2. The summed E-state index contributed by atoms with van der Waals surface area (Å²) in [6.07, 6.45) is 0.169. The van der Waals surface area contributed by atoms with E-state index in [1.54, 1.807) is 12.6 Å². The van der Waals surface area contributed by atoms with E-state index in [9.17, 15) is 4.79 Å². The van der Waals surface area contributed by atoms with E-state index in [1.807, 2.05) is 60.5 Å². The fourth-order valence-electron chi connectivity index (χ4n) is 2.83. The lowest BCUT2D eigenvalue weighted by molar-refractivity contribution is -0.129. The second-order valence-electron chi connectivity index (χ2n) is 6.20. The first-order chi connectivity index (χ1) is 13.6. The number of rotatable bonds is 8. The van der Waals surface area contributed by atoms with E-state index in [1.165, 1.54) is 0 Å². The van der Waals surface area contributed by atoms with Crippen LogP contribution in [-0.2, 0) is 11.3 Å². The van der Waals surface area contributed by atoms with Crippen molar-refractivity contribution in [1.82, 2.24) is 20.8 Å². The van der Waals surface area contributed by atoms with Crippen molar-refractivity contribution < 1.29 is 14.7 Å². The number of ether oxygens (including phenoxy) is 1. The number of methoxy groups -OCH3 is 1. The van der Waals surface area contributed by atoms with Crippen LogP contribution in [-0.4, -0.2) is 41.8 Å². The van der Waals surface area contributed by atoms with E-state index in [2.05, 4.69) is 10.3 Å². The van der Waals surface area contributed by atoms with Gasteiger partial charge in [-0.25, -0.2) is 15.4 Å². The van der Waals surface area contributed by atoms with Gasteiger partial charge in [-0.3, -0.25) is 10.0 Å². The van der Waals surface area contributed by atoms with E-state index in [4.69, 9.17) is 14.9 Å². The van der Waals surface area contributed by atoms with Gasteiger partial charge in [0.1, 0.15) is 17.4 Å². The summed E-state index contributed by atoms with van der Waals surface area (Å²) in [5, 5.41) is 12.6. The Labute approximate surface area is 163 Å². The molecule has 0 spiro atoms. The zero-order valence-corrected chi connectivity index (χ0v) is 15.8. The summed E-state index contributed by atoms with van der Waals surface area (Å²) in [6, 6.07) is 15.6. The number of carbonyl (C=O) groups is 1. The summed E-state index contributed by atoms with van der Waals surface area (Å²) >= 11 is 0. The molecule has 0 aliphatic heterocycles. The molecular formula is C20H23N5O3. The van der Waals surface area contributed by atoms with E-state index in [-0.39, 0.29) is 6.42 Å². The molecule has 146 valence electrons. The lowest BCUT2D eigenvalue weighted by atomic mass is 10.2. The van der Waals surface area contributed by atoms with Crippen LogP contribution in [0.25, 0.3) is 10.9 Å². The van der Waals surface area contributed by atoms with Crippen molar-refractivity contribution in [2.45, 2.75) is 13.0 Å². The summed E-state index contributed by atoms with van der Waals surface area (Å²) in [6.45, 7) is 0.819. The average Bonchev–Trinajstić information content (AvgIpc) is 2.75. The maximum Gasteiger partial charge on any atom is 0.244 e. The van der Waals surface area contributed by atoms with Gasteiger partial charge in [-0.05, 0) is 36.4 Å². The molecular weight excluding hydrogens is 358 g/mol. The van der Waals surface area contributed by atoms with Crippen molar-refractivity contribution in [3.63, 3.8) is 0 Å². The molecule has 0 aliphatic rings.